The predicted molar refractivity (Wildman–Crippen MR) is 83.0 cm³/mol. The van der Waals surface area contributed by atoms with E-state index in [0.29, 0.717) is 22.9 Å². The van der Waals surface area contributed by atoms with Gasteiger partial charge in [-0.1, -0.05) is 5.16 Å². The van der Waals surface area contributed by atoms with Gasteiger partial charge in [-0.25, -0.2) is 0 Å². The first-order chi connectivity index (χ1) is 10.9. The topological polar surface area (TPSA) is 90.7 Å². The van der Waals surface area contributed by atoms with E-state index < -0.39 is 12.0 Å². The molecule has 0 aliphatic carbocycles. The molecule has 0 spiro atoms. The van der Waals surface area contributed by atoms with Gasteiger partial charge < -0.3 is 19.3 Å². The minimum absolute atomic E-state index is 0.164. The first-order valence-corrected chi connectivity index (χ1v) is 7.00. The third-order valence-corrected chi connectivity index (χ3v) is 3.12. The zero-order valence-corrected chi connectivity index (χ0v) is 13.4. The van der Waals surface area contributed by atoms with E-state index in [0.717, 1.165) is 0 Å². The zero-order valence-electron chi connectivity index (χ0n) is 13.4. The van der Waals surface area contributed by atoms with Crippen molar-refractivity contribution < 1.29 is 23.6 Å². The molecular weight excluding hydrogens is 300 g/mol. The van der Waals surface area contributed by atoms with Gasteiger partial charge in [0.2, 0.25) is 0 Å². The van der Waals surface area contributed by atoms with Crippen LogP contribution < -0.4 is 14.8 Å². The van der Waals surface area contributed by atoms with Crippen molar-refractivity contribution in [1.82, 2.24) is 5.16 Å². The number of nitrogens with one attached hydrogen (secondary N) is 1. The van der Waals surface area contributed by atoms with Gasteiger partial charge in [0.05, 0.1) is 12.7 Å². The molecule has 0 fully saturated rings. The molecule has 7 heteroatoms. The van der Waals surface area contributed by atoms with Gasteiger partial charge in [-0.2, -0.15) is 0 Å². The quantitative estimate of drug-likeness (QED) is 0.823. The van der Waals surface area contributed by atoms with E-state index in [2.05, 4.69) is 10.5 Å². The molecule has 0 saturated heterocycles. The molecule has 1 heterocycles. The van der Waals surface area contributed by atoms with Crippen LogP contribution in [0.5, 0.6) is 11.5 Å². The molecule has 0 radical (unpaired) electrons. The molecule has 2 aromatic rings. The number of ketones is 1. The average Bonchev–Trinajstić information content (AvgIpc) is 2.91. The Balaban J connectivity index is 2.13. The molecular formula is C16H18N2O5. The molecule has 2 rings (SSSR count). The maximum absolute atomic E-state index is 12.1. The Labute approximate surface area is 133 Å². The minimum Gasteiger partial charge on any atom is -0.497 e. The summed E-state index contributed by atoms with van der Waals surface area (Å²) in [5.74, 6) is 1.14. The number of aromatic nitrogens is 1. The molecule has 1 aromatic carbocycles. The van der Waals surface area contributed by atoms with Crippen LogP contribution in [0.4, 0.5) is 5.82 Å². The number of aryl methyl sites for hydroxylation is 1. The lowest BCUT2D eigenvalue weighted by Gasteiger charge is -2.16. The number of methoxy groups -OCH3 is 1. The molecule has 0 saturated carbocycles. The standard InChI is InChI=1S/C16H18N2O5/c1-9-7-15(18-23-9)17-16(20)11(3)22-14-8-12(21-4)5-6-13(14)10(2)19/h5-8,11H,1-4H3,(H,17,18,20). The van der Waals surface area contributed by atoms with Gasteiger partial charge >= 0.3 is 0 Å². The predicted octanol–water partition coefficient (Wildman–Crippen LogP) is 2.60. The number of benzene rings is 1. The highest BCUT2D eigenvalue weighted by atomic mass is 16.5. The first kappa shape index (κ1) is 16.5. The first-order valence-electron chi connectivity index (χ1n) is 7.00. The highest BCUT2D eigenvalue weighted by molar-refractivity contribution is 5.97. The van der Waals surface area contributed by atoms with Crippen LogP contribution in [0.3, 0.4) is 0 Å². The van der Waals surface area contributed by atoms with Crippen LogP contribution in [0.15, 0.2) is 28.8 Å². The van der Waals surface area contributed by atoms with Crippen molar-refractivity contribution in [2.24, 2.45) is 0 Å². The number of hydrogen-bond donors (Lipinski definition) is 1. The normalized spacial score (nSPS) is 11.7. The summed E-state index contributed by atoms with van der Waals surface area (Å²) in [6.45, 7) is 4.72. The lowest BCUT2D eigenvalue weighted by atomic mass is 10.1. The molecule has 1 unspecified atom stereocenters. The number of ether oxygens (including phenoxy) is 2. The van der Waals surface area contributed by atoms with E-state index in [1.54, 1.807) is 38.1 Å². The fourth-order valence-corrected chi connectivity index (χ4v) is 1.92. The Morgan fingerprint density at radius 3 is 2.61 bits per heavy atom. The fourth-order valence-electron chi connectivity index (χ4n) is 1.92. The third-order valence-electron chi connectivity index (χ3n) is 3.12. The van der Waals surface area contributed by atoms with Gasteiger partial charge in [-0.3, -0.25) is 9.59 Å². The molecule has 1 amide bonds. The van der Waals surface area contributed by atoms with E-state index >= 15 is 0 Å². The Kier molecular flexibility index (Phi) is 5.00. The maximum atomic E-state index is 12.1. The van der Waals surface area contributed by atoms with Crippen LogP contribution in [0.2, 0.25) is 0 Å². The molecule has 1 atom stereocenters. The number of nitrogens with zero attached hydrogens (tertiary/aromatic N) is 1. The molecule has 1 N–H and O–H groups in total. The fraction of sp³-hybridized carbons (Fsp3) is 0.312. The monoisotopic (exact) mass is 318 g/mol. The summed E-state index contributed by atoms with van der Waals surface area (Å²) < 4.78 is 15.6. The van der Waals surface area contributed by atoms with Gasteiger partial charge in [0.25, 0.3) is 5.91 Å². The summed E-state index contributed by atoms with van der Waals surface area (Å²) in [5.41, 5.74) is 0.378. The van der Waals surface area contributed by atoms with E-state index in [1.807, 2.05) is 0 Å². The minimum atomic E-state index is -0.836. The zero-order chi connectivity index (χ0) is 17.0. The van der Waals surface area contributed by atoms with Gasteiger partial charge in [-0.05, 0) is 32.9 Å². The Hall–Kier alpha value is -2.83. The van der Waals surface area contributed by atoms with E-state index in [4.69, 9.17) is 14.0 Å². The number of hydrogen-bond acceptors (Lipinski definition) is 6. The second kappa shape index (κ2) is 6.95. The summed E-state index contributed by atoms with van der Waals surface area (Å²) in [6.07, 6.45) is -0.836. The number of anilines is 1. The SMILES string of the molecule is COc1ccc(C(C)=O)c(OC(C)C(=O)Nc2cc(C)on2)c1. The molecule has 1 aromatic heterocycles. The second-order valence-corrected chi connectivity index (χ2v) is 4.99. The van der Waals surface area contributed by atoms with Crippen molar-refractivity contribution in [2.75, 3.05) is 12.4 Å². The molecule has 0 bridgehead atoms. The van der Waals surface area contributed by atoms with Crippen LogP contribution in [-0.2, 0) is 4.79 Å². The highest BCUT2D eigenvalue weighted by Crippen LogP contribution is 2.26. The molecule has 122 valence electrons. The van der Waals surface area contributed by atoms with Crippen LogP contribution >= 0.6 is 0 Å². The average molecular weight is 318 g/mol. The summed E-state index contributed by atoms with van der Waals surface area (Å²) in [5, 5.41) is 6.26. The third kappa shape index (κ3) is 4.09. The maximum Gasteiger partial charge on any atom is 0.266 e. The van der Waals surface area contributed by atoms with Gasteiger partial charge in [0.15, 0.2) is 17.7 Å². The lowest BCUT2D eigenvalue weighted by Crippen LogP contribution is -2.30. The summed E-state index contributed by atoms with van der Waals surface area (Å²) in [7, 11) is 1.51. The summed E-state index contributed by atoms with van der Waals surface area (Å²) >= 11 is 0. The summed E-state index contributed by atoms with van der Waals surface area (Å²) in [4.78, 5) is 23.8. The number of carbonyl (C=O) groups is 2. The number of carbonyl (C=O) groups excluding carboxylic acids is 2. The van der Waals surface area contributed by atoms with Gasteiger partial charge in [0.1, 0.15) is 17.3 Å². The Morgan fingerprint density at radius 2 is 2.04 bits per heavy atom. The van der Waals surface area contributed by atoms with Crippen LogP contribution in [0.1, 0.15) is 30.0 Å². The lowest BCUT2D eigenvalue weighted by molar-refractivity contribution is -0.122. The Bertz CT molecular complexity index is 723. The number of rotatable bonds is 6. The van der Waals surface area contributed by atoms with E-state index in [9.17, 15) is 9.59 Å². The van der Waals surface area contributed by atoms with Crippen molar-refractivity contribution in [3.05, 3.63) is 35.6 Å². The van der Waals surface area contributed by atoms with Crippen molar-refractivity contribution in [1.29, 1.82) is 0 Å². The molecule has 7 nitrogen and oxygen atoms in total. The van der Waals surface area contributed by atoms with E-state index in [-0.39, 0.29) is 11.5 Å². The van der Waals surface area contributed by atoms with Crippen molar-refractivity contribution in [2.45, 2.75) is 26.9 Å². The van der Waals surface area contributed by atoms with Crippen molar-refractivity contribution in [3.63, 3.8) is 0 Å². The van der Waals surface area contributed by atoms with Gasteiger partial charge in [0, 0.05) is 12.1 Å². The summed E-state index contributed by atoms with van der Waals surface area (Å²) in [6, 6.07) is 6.42. The van der Waals surface area contributed by atoms with Crippen LogP contribution in [0.25, 0.3) is 0 Å². The largest absolute Gasteiger partial charge is 0.497 e. The van der Waals surface area contributed by atoms with Crippen molar-refractivity contribution in [3.8, 4) is 11.5 Å². The highest BCUT2D eigenvalue weighted by Gasteiger charge is 2.19. The van der Waals surface area contributed by atoms with E-state index in [1.165, 1.54) is 14.0 Å². The van der Waals surface area contributed by atoms with Gasteiger partial charge in [-0.15, -0.1) is 0 Å². The number of amides is 1. The molecule has 0 aliphatic heterocycles. The number of Topliss-reactive ketones (excluding diaryl/α,β-unsaturated/α-hetero) is 1. The van der Waals surface area contributed by atoms with Crippen LogP contribution in [-0.4, -0.2) is 30.1 Å². The Morgan fingerprint density at radius 1 is 1.30 bits per heavy atom. The molecule has 0 aliphatic rings. The van der Waals surface area contributed by atoms with Crippen molar-refractivity contribution >= 4 is 17.5 Å². The van der Waals surface area contributed by atoms with Crippen LogP contribution in [0, 0.1) is 6.92 Å². The second-order valence-electron chi connectivity index (χ2n) is 4.99. The smallest absolute Gasteiger partial charge is 0.266 e. The molecule has 23 heavy (non-hydrogen) atoms.